The molecule has 1 aliphatic heterocycles. The van der Waals surface area contributed by atoms with Crippen LogP contribution in [0.25, 0.3) is 0 Å². The fourth-order valence-corrected chi connectivity index (χ4v) is 3.96. The van der Waals surface area contributed by atoms with E-state index < -0.39 is 0 Å². The summed E-state index contributed by atoms with van der Waals surface area (Å²) in [5.74, 6) is 2.74. The fourth-order valence-electron chi connectivity index (χ4n) is 3.96. The summed E-state index contributed by atoms with van der Waals surface area (Å²) < 4.78 is 27.9. The van der Waals surface area contributed by atoms with Crippen molar-refractivity contribution in [2.45, 2.75) is 19.1 Å². The van der Waals surface area contributed by atoms with Crippen molar-refractivity contribution in [1.82, 2.24) is 0 Å². The standard InChI is InChI=1S/C26H27NO6/c1-29-21-11-10-18(12-22(21)33-16-17-8-6-5-7-9-17)20-15-25(28)27(20)19-13-23(30-2)26(32-4)24(14-19)31-3/h5-14,20H,15-16H2,1-4H3. The van der Waals surface area contributed by atoms with Gasteiger partial charge in [0, 0.05) is 12.1 Å². The topological polar surface area (TPSA) is 66.5 Å². The zero-order valence-corrected chi connectivity index (χ0v) is 19.2. The van der Waals surface area contributed by atoms with Gasteiger partial charge in [-0.25, -0.2) is 0 Å². The van der Waals surface area contributed by atoms with Crippen LogP contribution in [0.3, 0.4) is 0 Å². The molecule has 1 fully saturated rings. The Morgan fingerprint density at radius 2 is 1.45 bits per heavy atom. The van der Waals surface area contributed by atoms with Crippen LogP contribution in [0.5, 0.6) is 28.7 Å². The van der Waals surface area contributed by atoms with Crippen molar-refractivity contribution in [3.63, 3.8) is 0 Å². The first kappa shape index (κ1) is 22.3. The highest BCUT2D eigenvalue weighted by Crippen LogP contribution is 2.47. The van der Waals surface area contributed by atoms with Crippen LogP contribution in [0.1, 0.15) is 23.6 Å². The van der Waals surface area contributed by atoms with Gasteiger partial charge in [-0.3, -0.25) is 4.79 Å². The third-order valence-corrected chi connectivity index (χ3v) is 5.69. The Labute approximate surface area is 193 Å². The maximum atomic E-state index is 12.6. The Bertz CT molecular complexity index is 1110. The number of benzene rings is 3. The third kappa shape index (κ3) is 4.39. The Morgan fingerprint density at radius 3 is 2.03 bits per heavy atom. The summed E-state index contributed by atoms with van der Waals surface area (Å²) >= 11 is 0. The Kier molecular flexibility index (Phi) is 6.58. The summed E-state index contributed by atoms with van der Waals surface area (Å²) in [6.45, 7) is 0.418. The first-order valence-electron chi connectivity index (χ1n) is 10.6. The summed E-state index contributed by atoms with van der Waals surface area (Å²) in [5, 5.41) is 0. The van der Waals surface area contributed by atoms with Crippen LogP contribution in [0.2, 0.25) is 0 Å². The minimum Gasteiger partial charge on any atom is -0.493 e. The van der Waals surface area contributed by atoms with Crippen LogP contribution in [0.15, 0.2) is 60.7 Å². The second kappa shape index (κ2) is 9.73. The van der Waals surface area contributed by atoms with Crippen molar-refractivity contribution in [2.24, 2.45) is 0 Å². The number of methoxy groups -OCH3 is 4. The number of hydrogen-bond donors (Lipinski definition) is 0. The molecule has 172 valence electrons. The van der Waals surface area contributed by atoms with E-state index in [0.717, 1.165) is 11.1 Å². The lowest BCUT2D eigenvalue weighted by atomic mass is 9.92. The van der Waals surface area contributed by atoms with Crippen molar-refractivity contribution in [3.8, 4) is 28.7 Å². The van der Waals surface area contributed by atoms with Crippen molar-refractivity contribution < 1.29 is 28.5 Å². The maximum Gasteiger partial charge on any atom is 0.230 e. The predicted molar refractivity (Wildman–Crippen MR) is 125 cm³/mol. The average Bonchev–Trinajstić information content (AvgIpc) is 2.85. The molecule has 0 bridgehead atoms. The van der Waals surface area contributed by atoms with E-state index in [-0.39, 0.29) is 11.9 Å². The highest BCUT2D eigenvalue weighted by atomic mass is 16.5. The molecule has 0 aliphatic carbocycles. The van der Waals surface area contributed by atoms with Gasteiger partial charge in [-0.2, -0.15) is 0 Å². The highest BCUT2D eigenvalue weighted by molar-refractivity contribution is 6.01. The van der Waals surface area contributed by atoms with Gasteiger partial charge in [-0.1, -0.05) is 36.4 Å². The predicted octanol–water partition coefficient (Wildman–Crippen LogP) is 4.78. The summed E-state index contributed by atoms with van der Waals surface area (Å²) in [5.41, 5.74) is 2.68. The van der Waals surface area contributed by atoms with Gasteiger partial charge in [0.1, 0.15) is 6.61 Å². The number of hydrogen-bond acceptors (Lipinski definition) is 6. The number of nitrogens with zero attached hydrogens (tertiary/aromatic N) is 1. The summed E-state index contributed by atoms with van der Waals surface area (Å²) in [7, 11) is 6.26. The quantitative estimate of drug-likeness (QED) is 0.438. The SMILES string of the molecule is COc1ccc(C2CC(=O)N2c2cc(OC)c(OC)c(OC)c2)cc1OCc1ccccc1. The number of β-lactam (4-membered cyclic amide) rings is 1. The Hall–Kier alpha value is -3.87. The van der Waals surface area contributed by atoms with E-state index in [1.165, 1.54) is 0 Å². The van der Waals surface area contributed by atoms with Gasteiger partial charge in [-0.15, -0.1) is 0 Å². The zero-order chi connectivity index (χ0) is 23.4. The molecule has 3 aromatic carbocycles. The molecule has 33 heavy (non-hydrogen) atoms. The van der Waals surface area contributed by atoms with E-state index in [9.17, 15) is 4.79 Å². The number of carbonyl (C=O) groups excluding carboxylic acids is 1. The largest absolute Gasteiger partial charge is 0.493 e. The maximum absolute atomic E-state index is 12.6. The van der Waals surface area contributed by atoms with E-state index in [2.05, 4.69) is 0 Å². The average molecular weight is 450 g/mol. The molecule has 1 atom stereocenters. The molecular weight excluding hydrogens is 422 g/mol. The molecule has 0 aromatic heterocycles. The van der Waals surface area contributed by atoms with Crippen molar-refractivity contribution in [1.29, 1.82) is 0 Å². The normalized spacial score (nSPS) is 15.0. The number of carbonyl (C=O) groups is 1. The molecule has 1 heterocycles. The lowest BCUT2D eigenvalue weighted by Crippen LogP contribution is -2.46. The monoisotopic (exact) mass is 449 g/mol. The van der Waals surface area contributed by atoms with Crippen molar-refractivity contribution >= 4 is 11.6 Å². The molecule has 1 amide bonds. The van der Waals surface area contributed by atoms with Gasteiger partial charge < -0.3 is 28.6 Å². The molecule has 7 heteroatoms. The third-order valence-electron chi connectivity index (χ3n) is 5.69. The van der Waals surface area contributed by atoms with Crippen LogP contribution in [-0.4, -0.2) is 34.3 Å². The first-order valence-corrected chi connectivity index (χ1v) is 10.6. The first-order chi connectivity index (χ1) is 16.1. The Morgan fingerprint density at radius 1 is 0.788 bits per heavy atom. The molecule has 0 spiro atoms. The summed E-state index contributed by atoms with van der Waals surface area (Å²) in [4.78, 5) is 14.4. The van der Waals surface area contributed by atoms with Crippen LogP contribution >= 0.6 is 0 Å². The minimum absolute atomic E-state index is 0.0110. The van der Waals surface area contributed by atoms with E-state index in [4.69, 9.17) is 23.7 Å². The summed E-state index contributed by atoms with van der Waals surface area (Å²) in [6.07, 6.45) is 0.390. The summed E-state index contributed by atoms with van der Waals surface area (Å²) in [6, 6.07) is 19.1. The molecule has 1 aliphatic rings. The van der Waals surface area contributed by atoms with Crippen LogP contribution in [0.4, 0.5) is 5.69 Å². The van der Waals surface area contributed by atoms with E-state index in [1.807, 2.05) is 48.5 Å². The van der Waals surface area contributed by atoms with Gasteiger partial charge in [0.15, 0.2) is 23.0 Å². The minimum atomic E-state index is -0.148. The van der Waals surface area contributed by atoms with Gasteiger partial charge in [0.25, 0.3) is 0 Å². The molecule has 4 rings (SSSR count). The second-order valence-electron chi connectivity index (χ2n) is 7.55. The van der Waals surface area contributed by atoms with Gasteiger partial charge in [-0.05, 0) is 23.3 Å². The Balaban J connectivity index is 1.63. The van der Waals surface area contributed by atoms with Gasteiger partial charge >= 0.3 is 0 Å². The van der Waals surface area contributed by atoms with E-state index in [0.29, 0.717) is 47.5 Å². The van der Waals surface area contributed by atoms with Crippen LogP contribution in [0, 0.1) is 0 Å². The smallest absolute Gasteiger partial charge is 0.230 e. The second-order valence-corrected chi connectivity index (χ2v) is 7.55. The van der Waals surface area contributed by atoms with Crippen molar-refractivity contribution in [3.05, 3.63) is 71.8 Å². The van der Waals surface area contributed by atoms with Crippen LogP contribution < -0.4 is 28.6 Å². The van der Waals surface area contributed by atoms with E-state index >= 15 is 0 Å². The molecule has 1 unspecified atom stereocenters. The number of rotatable bonds is 9. The highest BCUT2D eigenvalue weighted by Gasteiger charge is 2.39. The van der Waals surface area contributed by atoms with Crippen LogP contribution in [-0.2, 0) is 11.4 Å². The van der Waals surface area contributed by atoms with E-state index in [1.54, 1.807) is 45.5 Å². The van der Waals surface area contributed by atoms with Crippen molar-refractivity contribution in [2.75, 3.05) is 33.3 Å². The lowest BCUT2D eigenvalue weighted by Gasteiger charge is -2.41. The molecule has 1 saturated heterocycles. The molecule has 7 nitrogen and oxygen atoms in total. The number of ether oxygens (including phenoxy) is 5. The fraction of sp³-hybridized carbons (Fsp3) is 0.269. The van der Waals surface area contributed by atoms with Gasteiger partial charge in [0.2, 0.25) is 11.7 Å². The number of anilines is 1. The molecule has 0 radical (unpaired) electrons. The van der Waals surface area contributed by atoms with Gasteiger partial charge in [0.05, 0.1) is 46.6 Å². The molecule has 0 saturated carbocycles. The molecular formula is C26H27NO6. The number of amides is 1. The zero-order valence-electron chi connectivity index (χ0n) is 19.2. The lowest BCUT2D eigenvalue weighted by molar-refractivity contribution is -0.124. The molecule has 3 aromatic rings. The molecule has 0 N–H and O–H groups in total.